The second-order valence-corrected chi connectivity index (χ2v) is 9.74. The Labute approximate surface area is 187 Å². The Morgan fingerprint density at radius 2 is 1.88 bits per heavy atom. The number of hydrogen-bond donors (Lipinski definition) is 0. The molecule has 5 nitrogen and oxygen atoms in total. The highest BCUT2D eigenvalue weighted by molar-refractivity contribution is 7.57. The Morgan fingerprint density at radius 1 is 1.19 bits per heavy atom. The highest BCUT2D eigenvalue weighted by Crippen LogP contribution is 2.48. The molecule has 0 bridgehead atoms. The van der Waals surface area contributed by atoms with Gasteiger partial charge in [0, 0.05) is 30.4 Å². The number of nitrogens with zero attached hydrogens (tertiary/aromatic N) is 1. The van der Waals surface area contributed by atoms with E-state index in [4.69, 9.17) is 14.0 Å². The molecule has 0 radical (unpaired) electrons. The highest BCUT2D eigenvalue weighted by atomic mass is 31.2. The molecule has 3 rings (SSSR count). The zero-order chi connectivity index (χ0) is 23.3. The maximum atomic E-state index is 13.6. The molecule has 0 aliphatic carbocycles. The molecule has 0 spiro atoms. The van der Waals surface area contributed by atoms with Crippen LogP contribution in [0.1, 0.15) is 43.9 Å². The second-order valence-electron chi connectivity index (χ2n) is 7.75. The molecule has 1 aromatic heterocycles. The van der Waals surface area contributed by atoms with Gasteiger partial charge in [-0.05, 0) is 53.6 Å². The zero-order valence-corrected chi connectivity index (χ0v) is 19.4. The summed E-state index contributed by atoms with van der Waals surface area (Å²) < 4.78 is 35.5. The van der Waals surface area contributed by atoms with Crippen molar-refractivity contribution in [1.29, 1.82) is 0 Å². The number of hydrogen-bond acceptors (Lipinski definition) is 5. The number of pyridine rings is 1. The number of para-hydroxylation sites is 1. The van der Waals surface area contributed by atoms with Crippen LogP contribution in [-0.2, 0) is 24.8 Å². The first kappa shape index (κ1) is 23.8. The van der Waals surface area contributed by atoms with Gasteiger partial charge in [-0.3, -0.25) is 9.78 Å². The molecule has 0 aliphatic heterocycles. The molecular weight excluding hydrogens is 428 g/mol. The molecule has 7 heteroatoms. The van der Waals surface area contributed by atoms with E-state index in [0.717, 1.165) is 39.1 Å². The number of aromatic nitrogens is 1. The Hall–Kier alpha value is -2.82. The quantitative estimate of drug-likeness (QED) is 0.325. The molecule has 0 fully saturated rings. The van der Waals surface area contributed by atoms with E-state index in [1.165, 1.54) is 19.2 Å². The molecule has 3 aromatic rings. The van der Waals surface area contributed by atoms with Gasteiger partial charge in [0.2, 0.25) is 0 Å². The Kier molecular flexibility index (Phi) is 7.60. The van der Waals surface area contributed by atoms with Gasteiger partial charge >= 0.3 is 13.6 Å². The molecule has 1 heterocycles. The number of benzene rings is 2. The molecule has 32 heavy (non-hydrogen) atoms. The van der Waals surface area contributed by atoms with Crippen LogP contribution in [0.5, 0.6) is 0 Å². The van der Waals surface area contributed by atoms with Crippen LogP contribution in [0, 0.1) is 5.82 Å². The van der Waals surface area contributed by atoms with Gasteiger partial charge in [0.15, 0.2) is 0 Å². The number of carbonyl (C=O) groups is 1. The van der Waals surface area contributed by atoms with Crippen molar-refractivity contribution in [2.45, 2.75) is 39.0 Å². The monoisotopic (exact) mass is 455 g/mol. The molecule has 1 unspecified atom stereocenters. The Bertz CT molecular complexity index is 1170. The summed E-state index contributed by atoms with van der Waals surface area (Å²) in [4.78, 5) is 17.1. The van der Waals surface area contributed by atoms with Crippen molar-refractivity contribution in [2.24, 2.45) is 0 Å². The molecule has 1 atom stereocenters. The van der Waals surface area contributed by atoms with Crippen LogP contribution in [0.2, 0.25) is 0 Å². The van der Waals surface area contributed by atoms with Gasteiger partial charge in [-0.1, -0.05) is 50.8 Å². The Balaban J connectivity index is 1.99. The normalized spacial score (nSPS) is 13.2. The molecule has 168 valence electrons. The van der Waals surface area contributed by atoms with E-state index < -0.39 is 13.6 Å². The van der Waals surface area contributed by atoms with Crippen molar-refractivity contribution in [3.63, 3.8) is 0 Å². The van der Waals surface area contributed by atoms with E-state index in [0.29, 0.717) is 12.8 Å². The third-order valence-electron chi connectivity index (χ3n) is 5.22. The molecule has 0 saturated heterocycles. The fourth-order valence-electron chi connectivity index (χ4n) is 3.69. The van der Waals surface area contributed by atoms with Gasteiger partial charge in [0.1, 0.15) is 5.82 Å². The van der Waals surface area contributed by atoms with Gasteiger partial charge in [-0.15, -0.1) is 0 Å². The van der Waals surface area contributed by atoms with Crippen LogP contribution >= 0.6 is 7.60 Å². The van der Waals surface area contributed by atoms with Crippen molar-refractivity contribution in [2.75, 3.05) is 7.11 Å². The lowest BCUT2D eigenvalue weighted by Crippen LogP contribution is -2.07. The van der Waals surface area contributed by atoms with Crippen molar-refractivity contribution in [3.05, 3.63) is 78.0 Å². The predicted molar refractivity (Wildman–Crippen MR) is 125 cm³/mol. The van der Waals surface area contributed by atoms with Gasteiger partial charge in [-0.2, -0.15) is 0 Å². The highest BCUT2D eigenvalue weighted by Gasteiger charge is 2.23. The van der Waals surface area contributed by atoms with E-state index in [1.807, 2.05) is 24.3 Å². The van der Waals surface area contributed by atoms with Crippen molar-refractivity contribution < 1.29 is 22.8 Å². The van der Waals surface area contributed by atoms with Crippen LogP contribution in [0.3, 0.4) is 0 Å². The number of halogens is 1. The van der Waals surface area contributed by atoms with E-state index in [2.05, 4.69) is 20.4 Å². The smallest absolute Gasteiger partial charge is 0.389 e. The topological polar surface area (TPSA) is 65.5 Å². The number of carbonyl (C=O) groups excluding carboxylic acids is 1. The maximum Gasteiger partial charge on any atom is 0.404 e. The minimum atomic E-state index is -3.60. The van der Waals surface area contributed by atoms with Gasteiger partial charge < -0.3 is 9.05 Å². The predicted octanol–water partition coefficient (Wildman–Crippen LogP) is 7.01. The van der Waals surface area contributed by atoms with Crippen LogP contribution in [0.15, 0.2) is 60.9 Å². The summed E-state index contributed by atoms with van der Waals surface area (Å²) in [5.74, 6) is 0.251. The average molecular weight is 455 g/mol. The van der Waals surface area contributed by atoms with Crippen molar-refractivity contribution >= 4 is 24.5 Å². The van der Waals surface area contributed by atoms with E-state index in [1.54, 1.807) is 12.1 Å². The fourth-order valence-corrected chi connectivity index (χ4v) is 4.37. The second kappa shape index (κ2) is 10.2. The van der Waals surface area contributed by atoms with Gasteiger partial charge in [-0.25, -0.2) is 8.96 Å². The maximum absolute atomic E-state index is 13.6. The molecule has 0 saturated carbocycles. The zero-order valence-electron chi connectivity index (χ0n) is 18.5. The summed E-state index contributed by atoms with van der Waals surface area (Å²) in [7, 11) is -2.39. The van der Waals surface area contributed by atoms with Crippen molar-refractivity contribution in [3.8, 4) is 11.1 Å². The lowest BCUT2D eigenvalue weighted by atomic mass is 9.88. The lowest BCUT2D eigenvalue weighted by molar-refractivity contribution is -0.134. The average Bonchev–Trinajstić information content (AvgIpc) is 2.79. The molecular formula is C25H27FNO4P. The van der Waals surface area contributed by atoms with Crippen molar-refractivity contribution in [1.82, 2.24) is 4.98 Å². The van der Waals surface area contributed by atoms with Crippen LogP contribution in [-0.4, -0.2) is 18.1 Å². The summed E-state index contributed by atoms with van der Waals surface area (Å²) in [5.41, 5.74) is 4.69. The first-order valence-corrected chi connectivity index (χ1v) is 12.1. The minimum Gasteiger partial charge on any atom is -0.389 e. The summed E-state index contributed by atoms with van der Waals surface area (Å²) in [6.07, 6.45) is 1.08. The minimum absolute atomic E-state index is 0.0639. The summed E-state index contributed by atoms with van der Waals surface area (Å²) in [5, 5.41) is 0.969. The van der Waals surface area contributed by atoms with Crippen LogP contribution < -0.4 is 0 Å². The first-order chi connectivity index (χ1) is 15.3. The lowest BCUT2D eigenvalue weighted by Gasteiger charge is -2.20. The summed E-state index contributed by atoms with van der Waals surface area (Å²) >= 11 is 0. The van der Waals surface area contributed by atoms with E-state index in [9.17, 15) is 13.8 Å². The van der Waals surface area contributed by atoms with Gasteiger partial charge in [0.05, 0.1) is 5.52 Å². The molecule has 0 amide bonds. The molecule has 0 N–H and O–H groups in total. The Morgan fingerprint density at radius 3 is 2.50 bits per heavy atom. The first-order valence-electron chi connectivity index (χ1n) is 10.5. The van der Waals surface area contributed by atoms with Gasteiger partial charge in [0.25, 0.3) is 0 Å². The molecule has 0 aliphatic rings. The summed E-state index contributed by atoms with van der Waals surface area (Å²) in [6, 6.07) is 14.3. The SMILES string of the molecule is C=CP(=O)(OC)OC(=O)CCCc1c(C(C)C)nc2ccccc2c1-c1ccc(F)cc1. The van der Waals surface area contributed by atoms with E-state index in [-0.39, 0.29) is 18.2 Å². The number of rotatable bonds is 9. The standard InChI is InChI=1S/C25H27FNO4P/c1-5-32(29,30-4)31-23(28)12-8-10-21-24(18-13-15-19(26)16-14-18)20-9-6-7-11-22(20)27-25(21)17(2)3/h5-7,9,11,13-17H,1,8,10,12H2,2-4H3. The van der Waals surface area contributed by atoms with E-state index >= 15 is 0 Å². The summed E-state index contributed by atoms with van der Waals surface area (Å²) in [6.45, 7) is 7.54. The fraction of sp³-hybridized carbons (Fsp3) is 0.280. The van der Waals surface area contributed by atoms with Crippen LogP contribution in [0.4, 0.5) is 4.39 Å². The third-order valence-corrected chi connectivity index (χ3v) is 6.63. The molecule has 2 aromatic carbocycles. The van der Waals surface area contributed by atoms with Crippen LogP contribution in [0.25, 0.3) is 22.0 Å². The largest absolute Gasteiger partial charge is 0.404 e. The third kappa shape index (κ3) is 5.32. The number of fused-ring (bicyclic) bond motifs is 1.